The Bertz CT molecular complexity index is 1570. The van der Waals surface area contributed by atoms with Crippen LogP contribution in [0.1, 0.15) is 93.7 Å². The number of nitrogens with one attached hydrogen (secondary N) is 3. The zero-order chi connectivity index (χ0) is 39.0. The molecule has 1 aromatic heterocycles. The van der Waals surface area contributed by atoms with E-state index in [-0.39, 0.29) is 35.7 Å². The number of aromatic amines is 1. The third-order valence-electron chi connectivity index (χ3n) is 11.2. The zero-order valence-corrected chi connectivity index (χ0v) is 32.6. The molecule has 4 heterocycles. The summed E-state index contributed by atoms with van der Waals surface area (Å²) in [5.41, 5.74) is 5.25. The lowest BCUT2D eigenvalue weighted by molar-refractivity contribution is -0.278. The molecule has 7 N–H and O–H groups in total. The van der Waals surface area contributed by atoms with E-state index in [9.17, 15) is 30.0 Å². The molecule has 3 aliphatic heterocycles. The summed E-state index contributed by atoms with van der Waals surface area (Å²) in [6.07, 6.45) is 3.28. The van der Waals surface area contributed by atoms with E-state index in [1.165, 1.54) is 12.8 Å². The molecule has 2 aromatic rings. The van der Waals surface area contributed by atoms with E-state index in [0.717, 1.165) is 79.9 Å². The average molecular weight is 755 g/mol. The summed E-state index contributed by atoms with van der Waals surface area (Å²) < 4.78 is 11.5. The van der Waals surface area contributed by atoms with Gasteiger partial charge in [-0.05, 0) is 79.5 Å². The van der Waals surface area contributed by atoms with E-state index < -0.39 is 37.3 Å². The largest absolute Gasteiger partial charge is 0.443 e. The van der Waals surface area contributed by atoms with Gasteiger partial charge in [0.2, 0.25) is 18.1 Å². The number of rotatable bonds is 14. The maximum atomic E-state index is 12.8. The van der Waals surface area contributed by atoms with Crippen LogP contribution in [-0.4, -0.2) is 135 Å². The predicted octanol–water partition coefficient (Wildman–Crippen LogP) is 2.67. The standard InChI is InChI=1S/C40H62N6O8/c1-25(2)21-41-39(52)42-22-32(48)46-17-13-40(14-18-46)12-8-16-45(24-40)15-7-6-9-28-10-11-29(27(5)19-28)20-30-33(26(3)4)43-44-37(30)54-38-36(51)35(50)34(49)31(23-47)53-38/h6,9-11,19,25-26,31,34-36,38,47,49-51H,7-8,12-18,20-24H2,1-5H3,(H,43,44)(H2,41,42,52)/b9-6+/t31-,34-,35+,36-,38?/m1/s1. The van der Waals surface area contributed by atoms with Gasteiger partial charge in [0.05, 0.1) is 13.2 Å². The van der Waals surface area contributed by atoms with Crippen LogP contribution < -0.4 is 15.4 Å². The van der Waals surface area contributed by atoms with Crippen molar-refractivity contribution in [3.63, 3.8) is 0 Å². The summed E-state index contributed by atoms with van der Waals surface area (Å²) in [5.74, 6) is 0.685. The lowest BCUT2D eigenvalue weighted by Gasteiger charge is -2.47. The van der Waals surface area contributed by atoms with Gasteiger partial charge in [-0.2, -0.15) is 0 Å². The summed E-state index contributed by atoms with van der Waals surface area (Å²) in [5, 5.41) is 53.4. The van der Waals surface area contributed by atoms with E-state index in [4.69, 9.17) is 9.47 Å². The second-order valence-electron chi connectivity index (χ2n) is 16.2. The quantitative estimate of drug-likeness (QED) is 0.151. The summed E-state index contributed by atoms with van der Waals surface area (Å²) in [7, 11) is 0. The number of carbonyl (C=O) groups is 2. The molecule has 14 heteroatoms. The number of aliphatic hydroxyl groups excluding tert-OH is 4. The Balaban J connectivity index is 1.11. The molecule has 300 valence electrons. The number of urea groups is 1. The summed E-state index contributed by atoms with van der Waals surface area (Å²) in [6, 6.07) is 6.08. The number of aliphatic hydroxyl groups is 4. The number of aromatic nitrogens is 2. The van der Waals surface area contributed by atoms with Crippen LogP contribution in [0.4, 0.5) is 4.79 Å². The summed E-state index contributed by atoms with van der Waals surface area (Å²) in [4.78, 5) is 29.2. The van der Waals surface area contributed by atoms with Crippen molar-refractivity contribution in [3.8, 4) is 5.88 Å². The number of aryl methyl sites for hydroxylation is 1. The zero-order valence-electron chi connectivity index (χ0n) is 32.6. The Hall–Kier alpha value is -3.53. The van der Waals surface area contributed by atoms with Crippen molar-refractivity contribution in [2.24, 2.45) is 11.3 Å². The minimum absolute atomic E-state index is 0.0157. The third-order valence-corrected chi connectivity index (χ3v) is 11.2. The number of H-pyrrole nitrogens is 1. The van der Waals surface area contributed by atoms with Crippen LogP contribution in [0, 0.1) is 18.3 Å². The first kappa shape index (κ1) is 41.6. The van der Waals surface area contributed by atoms with Crippen LogP contribution in [0.15, 0.2) is 24.3 Å². The van der Waals surface area contributed by atoms with Gasteiger partial charge in [0.1, 0.15) is 24.4 Å². The highest BCUT2D eigenvalue weighted by atomic mass is 16.7. The molecule has 1 unspecified atom stereocenters. The smallest absolute Gasteiger partial charge is 0.315 e. The SMILES string of the molecule is Cc1cc(/C=C/CCN2CCCC3(CCN(C(=O)CNC(=O)NCC(C)C)CC3)C2)ccc1Cc1c(OC2O[C@H](CO)[C@@H](O)[C@H](O)[C@H]2O)n[nH]c1C(C)C. The molecule has 3 amide bonds. The number of amides is 3. The van der Waals surface area contributed by atoms with Crippen LogP contribution >= 0.6 is 0 Å². The van der Waals surface area contributed by atoms with E-state index >= 15 is 0 Å². The summed E-state index contributed by atoms with van der Waals surface area (Å²) in [6.45, 7) is 14.9. The van der Waals surface area contributed by atoms with Crippen LogP contribution in [0.2, 0.25) is 0 Å². The number of piperidine rings is 2. The van der Waals surface area contributed by atoms with Gasteiger partial charge in [-0.15, -0.1) is 5.10 Å². The molecule has 0 radical (unpaired) electrons. The van der Waals surface area contributed by atoms with Crippen LogP contribution in [0.5, 0.6) is 5.88 Å². The fraction of sp³-hybridized carbons (Fsp3) is 0.675. The number of ether oxygens (including phenoxy) is 2. The highest BCUT2D eigenvalue weighted by Crippen LogP contribution is 2.40. The normalized spacial score (nSPS) is 24.8. The number of carbonyl (C=O) groups excluding carboxylic acids is 2. The van der Waals surface area contributed by atoms with Gasteiger partial charge in [0.25, 0.3) is 0 Å². The number of benzene rings is 1. The van der Waals surface area contributed by atoms with Gasteiger partial charge in [-0.3, -0.25) is 9.89 Å². The van der Waals surface area contributed by atoms with Crippen molar-refractivity contribution in [1.82, 2.24) is 30.6 Å². The fourth-order valence-electron chi connectivity index (χ4n) is 7.84. The number of hydrogen-bond acceptors (Lipinski definition) is 10. The predicted molar refractivity (Wildman–Crippen MR) is 205 cm³/mol. The highest BCUT2D eigenvalue weighted by Gasteiger charge is 2.45. The van der Waals surface area contributed by atoms with Gasteiger partial charge in [0.15, 0.2) is 0 Å². The first-order valence-corrected chi connectivity index (χ1v) is 19.6. The molecule has 5 rings (SSSR count). The first-order chi connectivity index (χ1) is 25.8. The van der Waals surface area contributed by atoms with Gasteiger partial charge in [0, 0.05) is 50.4 Å². The molecule has 1 spiro atoms. The minimum Gasteiger partial charge on any atom is -0.443 e. The molecule has 1 aromatic carbocycles. The molecule has 5 atom stereocenters. The van der Waals surface area contributed by atoms with Crippen molar-refractivity contribution >= 4 is 18.0 Å². The van der Waals surface area contributed by atoms with Crippen molar-refractivity contribution in [1.29, 1.82) is 0 Å². The van der Waals surface area contributed by atoms with Gasteiger partial charge in [-0.1, -0.05) is 58.0 Å². The van der Waals surface area contributed by atoms with E-state index in [1.807, 2.05) is 32.6 Å². The molecule has 3 saturated heterocycles. The monoisotopic (exact) mass is 754 g/mol. The van der Waals surface area contributed by atoms with Crippen LogP contribution in [-0.2, 0) is 16.0 Å². The first-order valence-electron chi connectivity index (χ1n) is 19.6. The molecule has 3 fully saturated rings. The van der Waals surface area contributed by atoms with Crippen molar-refractivity contribution in [3.05, 3.63) is 52.2 Å². The Kier molecular flexibility index (Phi) is 14.6. The average Bonchev–Trinajstić information content (AvgIpc) is 3.55. The van der Waals surface area contributed by atoms with Crippen molar-refractivity contribution in [2.45, 2.75) is 110 Å². The number of nitrogens with zero attached hydrogens (tertiary/aromatic N) is 3. The van der Waals surface area contributed by atoms with Gasteiger partial charge >= 0.3 is 6.03 Å². The minimum atomic E-state index is -1.54. The van der Waals surface area contributed by atoms with E-state index in [1.54, 1.807) is 0 Å². The van der Waals surface area contributed by atoms with E-state index in [2.05, 4.69) is 63.0 Å². The maximum absolute atomic E-state index is 12.8. The van der Waals surface area contributed by atoms with E-state index in [0.29, 0.717) is 18.9 Å². The Morgan fingerprint density at radius 1 is 1.07 bits per heavy atom. The lowest BCUT2D eigenvalue weighted by Crippen LogP contribution is -2.60. The van der Waals surface area contributed by atoms with Gasteiger partial charge in [-0.25, -0.2) is 4.79 Å². The van der Waals surface area contributed by atoms with Crippen LogP contribution in [0.25, 0.3) is 6.08 Å². The fourth-order valence-corrected chi connectivity index (χ4v) is 7.84. The third kappa shape index (κ3) is 10.6. The topological polar surface area (TPSA) is 193 Å². The van der Waals surface area contributed by atoms with Crippen molar-refractivity contribution < 1.29 is 39.5 Å². The molecule has 0 saturated carbocycles. The number of hydrogen-bond donors (Lipinski definition) is 7. The molecule has 14 nitrogen and oxygen atoms in total. The summed E-state index contributed by atoms with van der Waals surface area (Å²) >= 11 is 0. The Labute approximate surface area is 319 Å². The molecule has 3 aliphatic rings. The number of likely N-dealkylation sites (tertiary alicyclic amines) is 2. The van der Waals surface area contributed by atoms with Crippen LogP contribution in [0.3, 0.4) is 0 Å². The Morgan fingerprint density at radius 3 is 2.52 bits per heavy atom. The second kappa shape index (κ2) is 18.9. The maximum Gasteiger partial charge on any atom is 0.315 e. The van der Waals surface area contributed by atoms with Crippen molar-refractivity contribution in [2.75, 3.05) is 52.4 Å². The molecule has 0 aliphatic carbocycles. The molecule has 54 heavy (non-hydrogen) atoms. The second-order valence-corrected chi connectivity index (χ2v) is 16.2. The van der Waals surface area contributed by atoms with Gasteiger partial charge < -0.3 is 50.3 Å². The Morgan fingerprint density at radius 2 is 1.83 bits per heavy atom. The lowest BCUT2D eigenvalue weighted by atomic mass is 9.72. The molecular formula is C40H62N6O8. The molecular weight excluding hydrogens is 692 g/mol. The highest BCUT2D eigenvalue weighted by molar-refractivity contribution is 5.84. The molecule has 0 bridgehead atoms.